The molecule has 5 heteroatoms. The molecule has 104 valence electrons. The Hall–Kier alpha value is -2.20. The summed E-state index contributed by atoms with van der Waals surface area (Å²) in [6, 6.07) is 10.9. The monoisotopic (exact) mass is 292 g/mol. The number of phenolic OH excluding ortho intramolecular Hbond substituents is 2. The van der Waals surface area contributed by atoms with Crippen LogP contribution in [0.25, 0.3) is 0 Å². The van der Waals surface area contributed by atoms with Crippen molar-refractivity contribution in [2.45, 2.75) is 12.8 Å². The van der Waals surface area contributed by atoms with Crippen molar-refractivity contribution in [3.05, 3.63) is 53.1 Å². The quantitative estimate of drug-likeness (QED) is 0.670. The van der Waals surface area contributed by atoms with Gasteiger partial charge in [0.15, 0.2) is 0 Å². The summed E-state index contributed by atoms with van der Waals surface area (Å²) in [7, 11) is 0. The Kier molecular flexibility index (Phi) is 4.48. The van der Waals surface area contributed by atoms with Gasteiger partial charge in [0.1, 0.15) is 17.2 Å². The first kappa shape index (κ1) is 14.2. The lowest BCUT2D eigenvalue weighted by molar-refractivity contribution is -0.134. The Labute approximate surface area is 121 Å². The summed E-state index contributed by atoms with van der Waals surface area (Å²) in [6.07, 6.45) is 0.681. The highest BCUT2D eigenvalue weighted by Crippen LogP contribution is 2.26. The molecule has 0 aliphatic carbocycles. The van der Waals surface area contributed by atoms with Crippen molar-refractivity contribution in [2.75, 3.05) is 0 Å². The van der Waals surface area contributed by atoms with E-state index in [9.17, 15) is 15.0 Å². The maximum Gasteiger partial charge on any atom is 0.311 e. The number of benzene rings is 2. The second-order valence-electron chi connectivity index (χ2n) is 4.29. The van der Waals surface area contributed by atoms with Gasteiger partial charge in [0.05, 0.1) is 0 Å². The molecule has 0 aliphatic heterocycles. The van der Waals surface area contributed by atoms with E-state index in [-0.39, 0.29) is 23.7 Å². The molecule has 0 fully saturated rings. The van der Waals surface area contributed by atoms with Crippen molar-refractivity contribution in [3.63, 3.8) is 0 Å². The number of aromatic hydroxyl groups is 2. The van der Waals surface area contributed by atoms with Crippen LogP contribution in [0.4, 0.5) is 0 Å². The summed E-state index contributed by atoms with van der Waals surface area (Å²) in [5, 5.41) is 19.2. The molecule has 0 unspecified atom stereocenters. The third-order valence-electron chi connectivity index (χ3n) is 2.61. The molecule has 20 heavy (non-hydrogen) atoms. The van der Waals surface area contributed by atoms with E-state index >= 15 is 0 Å². The summed E-state index contributed by atoms with van der Waals surface area (Å²) in [6.45, 7) is 0. The average Bonchev–Trinajstić information content (AvgIpc) is 2.35. The average molecular weight is 293 g/mol. The largest absolute Gasteiger partial charge is 0.508 e. The number of rotatable bonds is 4. The van der Waals surface area contributed by atoms with Crippen LogP contribution in [0.5, 0.6) is 17.2 Å². The maximum absolute atomic E-state index is 11.7. The molecule has 0 atom stereocenters. The lowest BCUT2D eigenvalue weighted by Gasteiger charge is -2.06. The zero-order valence-electron chi connectivity index (χ0n) is 10.5. The predicted molar refractivity (Wildman–Crippen MR) is 75.2 cm³/mol. The standard InChI is InChI=1S/C15H13ClO4/c16-11-3-1-2-10(6-11)4-5-15(19)20-14-8-12(17)7-13(18)9-14/h1-3,6-9,17-18H,4-5H2. The Bertz CT molecular complexity index is 605. The molecule has 2 aromatic rings. The van der Waals surface area contributed by atoms with Gasteiger partial charge in [-0.1, -0.05) is 23.7 Å². The van der Waals surface area contributed by atoms with Crippen LogP contribution in [-0.2, 0) is 11.2 Å². The number of aryl methyl sites for hydroxylation is 1. The molecular weight excluding hydrogens is 280 g/mol. The second kappa shape index (κ2) is 6.30. The smallest absolute Gasteiger partial charge is 0.311 e. The van der Waals surface area contributed by atoms with Gasteiger partial charge in [-0.15, -0.1) is 0 Å². The molecule has 4 nitrogen and oxygen atoms in total. The van der Waals surface area contributed by atoms with Gasteiger partial charge in [0, 0.05) is 29.6 Å². The van der Waals surface area contributed by atoms with Crippen LogP contribution >= 0.6 is 11.6 Å². The number of halogens is 1. The van der Waals surface area contributed by atoms with E-state index in [0.717, 1.165) is 11.6 Å². The minimum atomic E-state index is -0.449. The highest BCUT2D eigenvalue weighted by atomic mass is 35.5. The van der Waals surface area contributed by atoms with E-state index in [4.69, 9.17) is 16.3 Å². The fraction of sp³-hybridized carbons (Fsp3) is 0.133. The lowest BCUT2D eigenvalue weighted by Crippen LogP contribution is -2.08. The van der Waals surface area contributed by atoms with Crippen molar-refractivity contribution in [1.82, 2.24) is 0 Å². The third kappa shape index (κ3) is 4.17. The number of hydrogen-bond acceptors (Lipinski definition) is 4. The summed E-state index contributed by atoms with van der Waals surface area (Å²) in [4.78, 5) is 11.7. The molecule has 0 spiro atoms. The molecule has 0 aliphatic rings. The van der Waals surface area contributed by atoms with Crippen LogP contribution in [0.2, 0.25) is 5.02 Å². The van der Waals surface area contributed by atoms with E-state index in [1.165, 1.54) is 12.1 Å². The molecule has 0 bridgehead atoms. The van der Waals surface area contributed by atoms with Crippen molar-refractivity contribution in [3.8, 4) is 17.2 Å². The topological polar surface area (TPSA) is 66.8 Å². The van der Waals surface area contributed by atoms with Gasteiger partial charge >= 0.3 is 5.97 Å². The minimum absolute atomic E-state index is 0.110. The van der Waals surface area contributed by atoms with E-state index in [2.05, 4.69) is 0 Å². The van der Waals surface area contributed by atoms with Crippen molar-refractivity contribution >= 4 is 17.6 Å². The van der Waals surface area contributed by atoms with Gasteiger partial charge in [-0.2, -0.15) is 0 Å². The molecule has 2 rings (SSSR count). The fourth-order valence-electron chi connectivity index (χ4n) is 1.75. The summed E-state index contributed by atoms with van der Waals surface area (Å²) >= 11 is 5.85. The first-order valence-corrected chi connectivity index (χ1v) is 6.39. The van der Waals surface area contributed by atoms with Crippen LogP contribution in [-0.4, -0.2) is 16.2 Å². The van der Waals surface area contributed by atoms with Crippen LogP contribution in [0.1, 0.15) is 12.0 Å². The predicted octanol–water partition coefficient (Wildman–Crippen LogP) is 3.29. The van der Waals surface area contributed by atoms with Crippen molar-refractivity contribution in [1.29, 1.82) is 0 Å². The number of esters is 1. The van der Waals surface area contributed by atoms with Gasteiger partial charge in [-0.25, -0.2) is 0 Å². The molecule has 0 amide bonds. The molecular formula is C15H13ClO4. The number of carbonyl (C=O) groups excluding carboxylic acids is 1. The van der Waals surface area contributed by atoms with Gasteiger partial charge in [-0.3, -0.25) is 4.79 Å². The summed E-state index contributed by atoms with van der Waals surface area (Å²) < 4.78 is 5.04. The van der Waals surface area contributed by atoms with Gasteiger partial charge in [-0.05, 0) is 24.1 Å². The zero-order valence-corrected chi connectivity index (χ0v) is 11.3. The fourth-order valence-corrected chi connectivity index (χ4v) is 1.96. The van der Waals surface area contributed by atoms with Crippen LogP contribution in [0, 0.1) is 0 Å². The molecule has 0 saturated heterocycles. The normalized spacial score (nSPS) is 10.2. The first-order chi connectivity index (χ1) is 9.52. The number of ether oxygens (including phenoxy) is 1. The van der Waals surface area contributed by atoms with E-state index in [0.29, 0.717) is 11.4 Å². The summed E-state index contributed by atoms with van der Waals surface area (Å²) in [5.41, 5.74) is 0.938. The highest BCUT2D eigenvalue weighted by molar-refractivity contribution is 6.30. The van der Waals surface area contributed by atoms with E-state index in [1.807, 2.05) is 12.1 Å². The van der Waals surface area contributed by atoms with Crippen molar-refractivity contribution < 1.29 is 19.7 Å². The van der Waals surface area contributed by atoms with Gasteiger partial charge in [0.25, 0.3) is 0 Å². The minimum Gasteiger partial charge on any atom is -0.508 e. The van der Waals surface area contributed by atoms with E-state index < -0.39 is 5.97 Å². The molecule has 0 heterocycles. The zero-order chi connectivity index (χ0) is 14.5. The third-order valence-corrected chi connectivity index (χ3v) is 2.85. The first-order valence-electron chi connectivity index (χ1n) is 6.01. The number of phenols is 2. The van der Waals surface area contributed by atoms with Crippen molar-refractivity contribution in [2.24, 2.45) is 0 Å². The summed E-state index contributed by atoms with van der Waals surface area (Å²) in [5.74, 6) is -0.668. The molecule has 0 radical (unpaired) electrons. The molecule has 0 saturated carbocycles. The molecule has 2 N–H and O–H groups in total. The maximum atomic E-state index is 11.7. The van der Waals surface area contributed by atoms with Crippen LogP contribution in [0.15, 0.2) is 42.5 Å². The SMILES string of the molecule is O=C(CCc1cccc(Cl)c1)Oc1cc(O)cc(O)c1. The number of hydrogen-bond donors (Lipinski definition) is 2. The molecule has 0 aromatic heterocycles. The van der Waals surface area contributed by atoms with Crippen LogP contribution < -0.4 is 4.74 Å². The second-order valence-corrected chi connectivity index (χ2v) is 4.73. The number of carbonyl (C=O) groups is 1. The molecule has 2 aromatic carbocycles. The Morgan fingerprint density at radius 3 is 2.45 bits per heavy atom. The lowest BCUT2D eigenvalue weighted by atomic mass is 10.1. The van der Waals surface area contributed by atoms with Crippen LogP contribution in [0.3, 0.4) is 0 Å². The van der Waals surface area contributed by atoms with E-state index in [1.54, 1.807) is 12.1 Å². The Balaban J connectivity index is 1.92. The van der Waals surface area contributed by atoms with Gasteiger partial charge < -0.3 is 14.9 Å². The Morgan fingerprint density at radius 1 is 1.10 bits per heavy atom. The van der Waals surface area contributed by atoms with Gasteiger partial charge in [0.2, 0.25) is 0 Å². The highest BCUT2D eigenvalue weighted by Gasteiger charge is 2.08. The Morgan fingerprint density at radius 2 is 1.80 bits per heavy atom.